The van der Waals surface area contributed by atoms with E-state index in [1.807, 2.05) is 0 Å². The zero-order valence-corrected chi connectivity index (χ0v) is 11.9. The molecule has 4 nitrogen and oxygen atoms in total. The molecule has 0 bridgehead atoms. The molecule has 0 aromatic heterocycles. The SMILES string of the molecule is O=C(Nc1ccc(Cl)cc1)N1CCN(CC(F)(F)F)CC1. The number of benzene rings is 1. The fraction of sp³-hybridized carbons (Fsp3) is 0.462. The van der Waals surface area contributed by atoms with Crippen LogP contribution < -0.4 is 5.32 Å². The minimum absolute atomic E-state index is 0.216. The van der Waals surface area contributed by atoms with E-state index in [0.717, 1.165) is 0 Å². The van der Waals surface area contributed by atoms with Crippen molar-refractivity contribution in [2.75, 3.05) is 38.0 Å². The molecule has 2 amide bonds. The summed E-state index contributed by atoms with van der Waals surface area (Å²) in [6.45, 7) is 0.0474. The molecule has 0 unspecified atom stereocenters. The van der Waals surface area contributed by atoms with E-state index in [-0.39, 0.29) is 32.2 Å². The lowest BCUT2D eigenvalue weighted by Crippen LogP contribution is -2.51. The number of amides is 2. The van der Waals surface area contributed by atoms with Crippen LogP contribution in [-0.2, 0) is 0 Å². The van der Waals surface area contributed by atoms with E-state index in [1.165, 1.54) is 9.80 Å². The Kier molecular flexibility index (Phi) is 4.95. The van der Waals surface area contributed by atoms with Crippen molar-refractivity contribution in [2.45, 2.75) is 6.18 Å². The number of nitrogens with zero attached hydrogens (tertiary/aromatic N) is 2. The molecule has 1 aliphatic heterocycles. The summed E-state index contributed by atoms with van der Waals surface area (Å²) < 4.78 is 36.8. The Labute approximate surface area is 125 Å². The van der Waals surface area contributed by atoms with Crippen LogP contribution in [0.2, 0.25) is 5.02 Å². The molecule has 0 atom stereocenters. The smallest absolute Gasteiger partial charge is 0.322 e. The van der Waals surface area contributed by atoms with E-state index in [9.17, 15) is 18.0 Å². The fourth-order valence-corrected chi connectivity index (χ4v) is 2.22. The van der Waals surface area contributed by atoms with Gasteiger partial charge < -0.3 is 10.2 Å². The minimum Gasteiger partial charge on any atom is -0.322 e. The summed E-state index contributed by atoms with van der Waals surface area (Å²) in [5.41, 5.74) is 0.599. The third-order valence-corrected chi connectivity index (χ3v) is 3.41. The van der Waals surface area contributed by atoms with E-state index >= 15 is 0 Å². The first-order chi connectivity index (χ1) is 9.83. The Morgan fingerprint density at radius 2 is 1.71 bits per heavy atom. The number of rotatable bonds is 2. The molecule has 116 valence electrons. The fourth-order valence-electron chi connectivity index (χ4n) is 2.10. The van der Waals surface area contributed by atoms with Crippen molar-refractivity contribution >= 4 is 23.3 Å². The van der Waals surface area contributed by atoms with Crippen molar-refractivity contribution in [2.24, 2.45) is 0 Å². The Bertz CT molecular complexity index is 484. The van der Waals surface area contributed by atoms with Gasteiger partial charge in [-0.25, -0.2) is 4.79 Å². The summed E-state index contributed by atoms with van der Waals surface area (Å²) in [6.07, 6.45) is -4.20. The van der Waals surface area contributed by atoms with Crippen LogP contribution in [0.1, 0.15) is 0 Å². The van der Waals surface area contributed by atoms with E-state index in [1.54, 1.807) is 24.3 Å². The highest BCUT2D eigenvalue weighted by Gasteiger charge is 2.32. The van der Waals surface area contributed by atoms with Gasteiger partial charge in [0.15, 0.2) is 0 Å². The number of halogens is 4. The van der Waals surface area contributed by atoms with E-state index < -0.39 is 12.7 Å². The lowest BCUT2D eigenvalue weighted by atomic mass is 10.3. The van der Waals surface area contributed by atoms with Gasteiger partial charge in [0.2, 0.25) is 0 Å². The summed E-state index contributed by atoms with van der Waals surface area (Å²) in [6, 6.07) is 6.32. The van der Waals surface area contributed by atoms with Gasteiger partial charge in [-0.3, -0.25) is 4.90 Å². The van der Waals surface area contributed by atoms with Gasteiger partial charge in [-0.15, -0.1) is 0 Å². The molecule has 1 aromatic rings. The van der Waals surface area contributed by atoms with E-state index in [4.69, 9.17) is 11.6 Å². The van der Waals surface area contributed by atoms with Gasteiger partial charge >= 0.3 is 12.2 Å². The van der Waals surface area contributed by atoms with Crippen molar-refractivity contribution in [3.63, 3.8) is 0 Å². The van der Waals surface area contributed by atoms with Gasteiger partial charge in [0.1, 0.15) is 0 Å². The number of alkyl halides is 3. The highest BCUT2D eigenvalue weighted by Crippen LogP contribution is 2.18. The summed E-state index contributed by atoms with van der Waals surface area (Å²) in [7, 11) is 0. The van der Waals surface area contributed by atoms with Crippen LogP contribution in [0.5, 0.6) is 0 Å². The number of piperazine rings is 1. The molecule has 1 saturated heterocycles. The molecule has 1 N–H and O–H groups in total. The molecule has 1 aromatic carbocycles. The third-order valence-electron chi connectivity index (χ3n) is 3.16. The van der Waals surface area contributed by atoms with Crippen LogP contribution in [0, 0.1) is 0 Å². The predicted octanol–water partition coefficient (Wildman–Crippen LogP) is 3.05. The normalized spacial score (nSPS) is 16.9. The minimum atomic E-state index is -4.20. The topological polar surface area (TPSA) is 35.6 Å². The lowest BCUT2D eigenvalue weighted by Gasteiger charge is -2.34. The zero-order valence-electron chi connectivity index (χ0n) is 11.2. The Morgan fingerprint density at radius 1 is 1.14 bits per heavy atom. The van der Waals surface area contributed by atoms with Crippen molar-refractivity contribution in [3.8, 4) is 0 Å². The number of nitrogens with one attached hydrogen (secondary N) is 1. The first-order valence-electron chi connectivity index (χ1n) is 6.44. The number of carbonyl (C=O) groups is 1. The molecule has 2 rings (SSSR count). The van der Waals surface area contributed by atoms with E-state index in [2.05, 4.69) is 5.32 Å². The average molecular weight is 322 g/mol. The molecule has 8 heteroatoms. The molecule has 1 aliphatic rings. The number of carbonyl (C=O) groups excluding carboxylic acids is 1. The van der Waals surface area contributed by atoms with Crippen LogP contribution >= 0.6 is 11.6 Å². The number of anilines is 1. The second-order valence-corrected chi connectivity index (χ2v) is 5.25. The standard InChI is InChI=1S/C13H15ClF3N3O/c14-10-1-3-11(4-2-10)18-12(21)20-7-5-19(6-8-20)9-13(15,16)17/h1-4H,5-9H2,(H,18,21). The number of hydrogen-bond donors (Lipinski definition) is 1. The van der Waals surface area contributed by atoms with Crippen molar-refractivity contribution in [3.05, 3.63) is 29.3 Å². The number of urea groups is 1. The highest BCUT2D eigenvalue weighted by molar-refractivity contribution is 6.30. The second kappa shape index (κ2) is 6.53. The van der Waals surface area contributed by atoms with Crippen LogP contribution in [0.3, 0.4) is 0 Å². The van der Waals surface area contributed by atoms with Gasteiger partial charge in [0.25, 0.3) is 0 Å². The molecule has 0 aliphatic carbocycles. The van der Waals surface area contributed by atoms with Gasteiger partial charge in [0, 0.05) is 36.9 Å². The predicted molar refractivity (Wildman–Crippen MR) is 74.5 cm³/mol. The van der Waals surface area contributed by atoms with Crippen molar-refractivity contribution in [1.29, 1.82) is 0 Å². The molecular formula is C13H15ClF3N3O. The van der Waals surface area contributed by atoms with Gasteiger partial charge in [-0.2, -0.15) is 13.2 Å². The highest BCUT2D eigenvalue weighted by atomic mass is 35.5. The number of hydrogen-bond acceptors (Lipinski definition) is 2. The monoisotopic (exact) mass is 321 g/mol. The zero-order chi connectivity index (χ0) is 15.5. The van der Waals surface area contributed by atoms with Crippen LogP contribution in [0.4, 0.5) is 23.7 Å². The maximum Gasteiger partial charge on any atom is 0.401 e. The quantitative estimate of drug-likeness (QED) is 0.908. The maximum atomic E-state index is 12.3. The Morgan fingerprint density at radius 3 is 2.24 bits per heavy atom. The summed E-state index contributed by atoms with van der Waals surface area (Å²) in [5, 5.41) is 3.25. The van der Waals surface area contributed by atoms with Crippen LogP contribution in [0.15, 0.2) is 24.3 Å². The third kappa shape index (κ3) is 5.09. The summed E-state index contributed by atoms with van der Waals surface area (Å²) >= 11 is 5.75. The maximum absolute atomic E-state index is 12.3. The van der Waals surface area contributed by atoms with Crippen molar-refractivity contribution < 1.29 is 18.0 Å². The molecule has 0 spiro atoms. The largest absolute Gasteiger partial charge is 0.401 e. The van der Waals surface area contributed by atoms with Crippen LogP contribution in [0.25, 0.3) is 0 Å². The molecule has 1 fully saturated rings. The summed E-state index contributed by atoms with van der Waals surface area (Å²) in [4.78, 5) is 14.8. The van der Waals surface area contributed by atoms with E-state index in [0.29, 0.717) is 10.7 Å². The molecule has 21 heavy (non-hydrogen) atoms. The molecule has 0 radical (unpaired) electrons. The van der Waals surface area contributed by atoms with Gasteiger partial charge in [-0.05, 0) is 24.3 Å². The Balaban J connectivity index is 1.81. The lowest BCUT2D eigenvalue weighted by molar-refractivity contribution is -0.148. The second-order valence-electron chi connectivity index (χ2n) is 4.82. The molecular weight excluding hydrogens is 307 g/mol. The average Bonchev–Trinajstić information content (AvgIpc) is 2.40. The van der Waals surface area contributed by atoms with Crippen LogP contribution in [-0.4, -0.2) is 54.7 Å². The summed E-state index contributed by atoms with van der Waals surface area (Å²) in [5.74, 6) is 0. The first kappa shape index (κ1) is 15.9. The van der Waals surface area contributed by atoms with Crippen molar-refractivity contribution in [1.82, 2.24) is 9.80 Å². The Hall–Kier alpha value is -1.47. The first-order valence-corrected chi connectivity index (χ1v) is 6.82. The molecule has 1 heterocycles. The van der Waals surface area contributed by atoms with Gasteiger partial charge in [0.05, 0.1) is 6.54 Å². The molecule has 0 saturated carbocycles. The van der Waals surface area contributed by atoms with Gasteiger partial charge in [-0.1, -0.05) is 11.6 Å².